The molecule has 0 spiro atoms. The monoisotopic (exact) mass is 323 g/mol. The van der Waals surface area contributed by atoms with Crippen molar-refractivity contribution in [3.63, 3.8) is 0 Å². The molecule has 0 saturated carbocycles. The van der Waals surface area contributed by atoms with Crippen molar-refractivity contribution in [1.82, 2.24) is 9.55 Å². The Labute approximate surface area is 119 Å². The molecule has 19 heavy (non-hydrogen) atoms. The van der Waals surface area contributed by atoms with Gasteiger partial charge in [-0.05, 0) is 34.1 Å². The van der Waals surface area contributed by atoms with E-state index in [9.17, 15) is 4.79 Å². The van der Waals surface area contributed by atoms with Gasteiger partial charge in [-0.25, -0.2) is 9.78 Å². The van der Waals surface area contributed by atoms with Gasteiger partial charge in [0.15, 0.2) is 0 Å². The number of aryl methyl sites for hydroxylation is 1. The number of benzene rings is 1. The molecular formula is C13H14BrN3O2. The minimum atomic E-state index is -0.931. The van der Waals surface area contributed by atoms with Crippen molar-refractivity contribution in [3.05, 3.63) is 46.5 Å². The van der Waals surface area contributed by atoms with E-state index in [2.05, 4.69) is 20.9 Å². The van der Waals surface area contributed by atoms with Crippen LogP contribution in [0.3, 0.4) is 0 Å². The standard InChI is InChI=1S/C13H14BrN3O2/c1-16-6-5-15-12(16)8-17(2)11-4-3-9(13(18)19)7-10(11)14/h3-7H,8H2,1-2H3,(H,18,19). The van der Waals surface area contributed by atoms with Crippen LogP contribution in [0.25, 0.3) is 0 Å². The summed E-state index contributed by atoms with van der Waals surface area (Å²) in [5, 5.41) is 8.93. The number of carboxylic acid groups (broad SMARTS) is 1. The van der Waals surface area contributed by atoms with Crippen LogP contribution < -0.4 is 4.90 Å². The second-order valence-corrected chi connectivity index (χ2v) is 5.14. The minimum absolute atomic E-state index is 0.265. The van der Waals surface area contributed by atoms with E-state index in [1.165, 1.54) is 0 Å². The summed E-state index contributed by atoms with van der Waals surface area (Å²) in [6.45, 7) is 0.647. The Bertz CT molecular complexity index is 610. The maximum Gasteiger partial charge on any atom is 0.335 e. The third-order valence-electron chi connectivity index (χ3n) is 2.91. The number of imidazole rings is 1. The number of aromatic carboxylic acids is 1. The lowest BCUT2D eigenvalue weighted by molar-refractivity contribution is 0.0697. The molecule has 0 amide bonds. The van der Waals surface area contributed by atoms with Crippen LogP contribution in [0, 0.1) is 0 Å². The molecule has 0 radical (unpaired) electrons. The number of hydrogen-bond donors (Lipinski definition) is 1. The number of rotatable bonds is 4. The molecule has 0 aliphatic heterocycles. The molecule has 1 aromatic heterocycles. The van der Waals surface area contributed by atoms with Crippen LogP contribution in [0.4, 0.5) is 5.69 Å². The van der Waals surface area contributed by atoms with Gasteiger partial charge in [-0.3, -0.25) is 0 Å². The highest BCUT2D eigenvalue weighted by Crippen LogP contribution is 2.27. The van der Waals surface area contributed by atoms with E-state index in [1.54, 1.807) is 24.4 Å². The molecule has 0 saturated heterocycles. The summed E-state index contributed by atoms with van der Waals surface area (Å²) in [5.41, 5.74) is 1.19. The number of hydrogen-bond acceptors (Lipinski definition) is 3. The first-order valence-electron chi connectivity index (χ1n) is 5.69. The van der Waals surface area contributed by atoms with E-state index >= 15 is 0 Å². The van der Waals surface area contributed by atoms with Gasteiger partial charge in [-0.1, -0.05) is 0 Å². The van der Waals surface area contributed by atoms with Gasteiger partial charge in [-0.2, -0.15) is 0 Å². The molecule has 1 N–H and O–H groups in total. The number of nitrogens with zero attached hydrogens (tertiary/aromatic N) is 3. The normalized spacial score (nSPS) is 10.5. The van der Waals surface area contributed by atoms with Crippen molar-refractivity contribution in [2.24, 2.45) is 7.05 Å². The fourth-order valence-electron chi connectivity index (χ4n) is 1.80. The number of aromatic nitrogens is 2. The van der Waals surface area contributed by atoms with Crippen molar-refractivity contribution >= 4 is 27.6 Å². The largest absolute Gasteiger partial charge is 0.478 e. The van der Waals surface area contributed by atoms with Crippen LogP contribution in [0.1, 0.15) is 16.2 Å². The molecular weight excluding hydrogens is 310 g/mol. The fraction of sp³-hybridized carbons (Fsp3) is 0.231. The Morgan fingerprint density at radius 2 is 2.26 bits per heavy atom. The molecule has 0 aliphatic rings. The van der Waals surface area contributed by atoms with Gasteiger partial charge in [0.2, 0.25) is 0 Å². The molecule has 2 rings (SSSR count). The molecule has 0 atom stereocenters. The Morgan fingerprint density at radius 1 is 1.53 bits per heavy atom. The van der Waals surface area contributed by atoms with E-state index in [4.69, 9.17) is 5.11 Å². The van der Waals surface area contributed by atoms with Crippen molar-refractivity contribution in [2.75, 3.05) is 11.9 Å². The van der Waals surface area contributed by atoms with Gasteiger partial charge in [0.25, 0.3) is 0 Å². The van der Waals surface area contributed by atoms with E-state index in [1.807, 2.05) is 29.8 Å². The first kappa shape index (κ1) is 13.6. The second kappa shape index (κ2) is 5.44. The maximum absolute atomic E-state index is 10.9. The van der Waals surface area contributed by atoms with E-state index in [0.29, 0.717) is 6.54 Å². The third kappa shape index (κ3) is 2.96. The molecule has 0 bridgehead atoms. The van der Waals surface area contributed by atoms with Crippen LogP contribution in [-0.4, -0.2) is 27.7 Å². The number of carboxylic acids is 1. The molecule has 0 unspecified atom stereocenters. The lowest BCUT2D eigenvalue weighted by Crippen LogP contribution is -2.19. The first-order valence-corrected chi connectivity index (χ1v) is 6.48. The summed E-state index contributed by atoms with van der Waals surface area (Å²) >= 11 is 3.41. The van der Waals surface area contributed by atoms with Crippen LogP contribution in [0.5, 0.6) is 0 Å². The predicted octanol–water partition coefficient (Wildman–Crippen LogP) is 2.52. The van der Waals surface area contributed by atoms with Crippen molar-refractivity contribution in [2.45, 2.75) is 6.54 Å². The highest BCUT2D eigenvalue weighted by Gasteiger charge is 2.11. The summed E-state index contributed by atoms with van der Waals surface area (Å²) in [6.07, 6.45) is 3.65. The summed E-state index contributed by atoms with van der Waals surface area (Å²) in [7, 11) is 3.88. The summed E-state index contributed by atoms with van der Waals surface area (Å²) in [4.78, 5) is 17.2. The fourth-order valence-corrected chi connectivity index (χ4v) is 2.48. The molecule has 100 valence electrons. The molecule has 1 aromatic carbocycles. The molecule has 0 fully saturated rings. The van der Waals surface area contributed by atoms with E-state index in [0.717, 1.165) is 16.0 Å². The lowest BCUT2D eigenvalue weighted by atomic mass is 10.2. The van der Waals surface area contributed by atoms with Gasteiger partial charge in [0.1, 0.15) is 5.82 Å². The highest BCUT2D eigenvalue weighted by atomic mass is 79.9. The van der Waals surface area contributed by atoms with Gasteiger partial charge in [0, 0.05) is 31.0 Å². The molecule has 5 nitrogen and oxygen atoms in total. The van der Waals surface area contributed by atoms with Gasteiger partial charge in [0.05, 0.1) is 17.8 Å². The van der Waals surface area contributed by atoms with Crippen LogP contribution in [-0.2, 0) is 13.6 Å². The van der Waals surface area contributed by atoms with Gasteiger partial charge >= 0.3 is 5.97 Å². The van der Waals surface area contributed by atoms with Crippen LogP contribution >= 0.6 is 15.9 Å². The summed E-state index contributed by atoms with van der Waals surface area (Å²) < 4.78 is 2.71. The van der Waals surface area contributed by atoms with E-state index < -0.39 is 5.97 Å². The summed E-state index contributed by atoms with van der Waals surface area (Å²) in [6, 6.07) is 4.99. The third-order valence-corrected chi connectivity index (χ3v) is 3.54. The van der Waals surface area contributed by atoms with Crippen molar-refractivity contribution in [3.8, 4) is 0 Å². The zero-order valence-corrected chi connectivity index (χ0v) is 12.3. The number of carbonyl (C=O) groups is 1. The predicted molar refractivity (Wildman–Crippen MR) is 76.4 cm³/mol. The molecule has 1 heterocycles. The quantitative estimate of drug-likeness (QED) is 0.939. The first-order chi connectivity index (χ1) is 8.99. The van der Waals surface area contributed by atoms with Crippen molar-refractivity contribution in [1.29, 1.82) is 0 Å². The SMILES string of the molecule is CN(Cc1nccn1C)c1ccc(C(=O)O)cc1Br. The van der Waals surface area contributed by atoms with Crippen LogP contribution in [0.15, 0.2) is 35.1 Å². The van der Waals surface area contributed by atoms with Gasteiger partial charge < -0.3 is 14.6 Å². The zero-order chi connectivity index (χ0) is 14.0. The number of halogens is 1. The summed E-state index contributed by atoms with van der Waals surface area (Å²) in [5.74, 6) is 0.00992. The Morgan fingerprint density at radius 3 is 2.79 bits per heavy atom. The molecule has 6 heteroatoms. The van der Waals surface area contributed by atoms with E-state index in [-0.39, 0.29) is 5.56 Å². The number of anilines is 1. The average Bonchev–Trinajstić information content (AvgIpc) is 2.74. The zero-order valence-electron chi connectivity index (χ0n) is 10.7. The highest BCUT2D eigenvalue weighted by molar-refractivity contribution is 9.10. The smallest absolute Gasteiger partial charge is 0.335 e. The topological polar surface area (TPSA) is 58.4 Å². The van der Waals surface area contributed by atoms with Crippen molar-refractivity contribution < 1.29 is 9.90 Å². The second-order valence-electron chi connectivity index (χ2n) is 4.28. The van der Waals surface area contributed by atoms with Gasteiger partial charge in [-0.15, -0.1) is 0 Å². The lowest BCUT2D eigenvalue weighted by Gasteiger charge is -2.20. The molecule has 0 aliphatic carbocycles. The van der Waals surface area contributed by atoms with Crippen LogP contribution in [0.2, 0.25) is 0 Å². The maximum atomic E-state index is 10.9. The molecule has 2 aromatic rings. The minimum Gasteiger partial charge on any atom is -0.478 e. The Balaban J connectivity index is 2.22. The Kier molecular flexibility index (Phi) is 3.90. The Hall–Kier alpha value is -1.82. The average molecular weight is 324 g/mol.